The Labute approximate surface area is 78.0 Å². The van der Waals surface area contributed by atoms with E-state index in [1.165, 1.54) is 0 Å². The van der Waals surface area contributed by atoms with E-state index in [2.05, 4.69) is 6.58 Å². The molecular formula is C9H16N2O2. The first-order chi connectivity index (χ1) is 6.02. The zero-order chi connectivity index (χ0) is 10.0. The molecule has 1 saturated heterocycles. The Morgan fingerprint density at radius 1 is 1.77 bits per heavy atom. The Morgan fingerprint density at radius 3 is 2.77 bits per heavy atom. The fraction of sp³-hybridized carbons (Fsp3) is 0.667. The van der Waals surface area contributed by atoms with Crippen molar-refractivity contribution in [2.45, 2.75) is 25.5 Å². The smallest absolute Gasteiger partial charge is 0.243 e. The Morgan fingerprint density at radius 2 is 2.38 bits per heavy atom. The van der Waals surface area contributed by atoms with E-state index in [4.69, 9.17) is 5.73 Å². The van der Waals surface area contributed by atoms with Crippen molar-refractivity contribution in [3.05, 3.63) is 12.2 Å². The molecular weight excluding hydrogens is 168 g/mol. The van der Waals surface area contributed by atoms with Crippen molar-refractivity contribution in [2.24, 2.45) is 5.73 Å². The van der Waals surface area contributed by atoms with Gasteiger partial charge in [-0.15, -0.1) is 0 Å². The van der Waals surface area contributed by atoms with Gasteiger partial charge in [-0.05, 0) is 13.3 Å². The first-order valence-electron chi connectivity index (χ1n) is 4.40. The number of carbonyl (C=O) groups excluding carboxylic acids is 1. The van der Waals surface area contributed by atoms with E-state index in [9.17, 15) is 9.90 Å². The van der Waals surface area contributed by atoms with Gasteiger partial charge in [0, 0.05) is 13.1 Å². The van der Waals surface area contributed by atoms with Crippen molar-refractivity contribution in [3.8, 4) is 0 Å². The predicted octanol–water partition coefficient (Wildman–Crippen LogP) is -0.517. The zero-order valence-corrected chi connectivity index (χ0v) is 7.86. The highest BCUT2D eigenvalue weighted by Crippen LogP contribution is 2.11. The predicted molar refractivity (Wildman–Crippen MR) is 50.0 cm³/mol. The van der Waals surface area contributed by atoms with Crippen LogP contribution in [-0.4, -0.2) is 41.1 Å². The molecule has 3 N–H and O–H groups in total. The van der Waals surface area contributed by atoms with Crippen LogP contribution < -0.4 is 5.73 Å². The molecule has 1 aliphatic rings. The Bertz CT molecular complexity index is 228. The summed E-state index contributed by atoms with van der Waals surface area (Å²) in [6.07, 6.45) is 0.260. The number of rotatable bonds is 2. The molecule has 1 fully saturated rings. The molecule has 0 unspecified atom stereocenters. The summed E-state index contributed by atoms with van der Waals surface area (Å²) < 4.78 is 0. The lowest BCUT2D eigenvalue weighted by atomic mass is 10.1. The second kappa shape index (κ2) is 3.89. The lowest BCUT2D eigenvalue weighted by molar-refractivity contribution is -0.131. The molecule has 74 valence electrons. The van der Waals surface area contributed by atoms with E-state index in [1.54, 1.807) is 11.8 Å². The maximum atomic E-state index is 11.6. The molecule has 1 aliphatic heterocycles. The van der Waals surface area contributed by atoms with Crippen molar-refractivity contribution >= 4 is 5.91 Å². The number of aliphatic hydroxyl groups is 1. The van der Waals surface area contributed by atoms with Crippen LogP contribution in [-0.2, 0) is 4.79 Å². The van der Waals surface area contributed by atoms with Crippen molar-refractivity contribution in [3.63, 3.8) is 0 Å². The molecule has 4 nitrogen and oxygen atoms in total. The molecule has 0 radical (unpaired) electrons. The first-order valence-corrected chi connectivity index (χ1v) is 4.40. The van der Waals surface area contributed by atoms with Gasteiger partial charge in [-0.2, -0.15) is 0 Å². The third-order valence-corrected chi connectivity index (χ3v) is 2.27. The number of hydrogen-bond donors (Lipinski definition) is 2. The fourth-order valence-electron chi connectivity index (χ4n) is 1.35. The van der Waals surface area contributed by atoms with Crippen LogP contribution in [0.25, 0.3) is 0 Å². The van der Waals surface area contributed by atoms with E-state index in [0.29, 0.717) is 25.1 Å². The van der Waals surface area contributed by atoms with Gasteiger partial charge in [-0.1, -0.05) is 12.2 Å². The number of nitrogens with two attached hydrogens (primary N) is 1. The second-order valence-electron chi connectivity index (χ2n) is 3.55. The summed E-state index contributed by atoms with van der Waals surface area (Å²) in [5.41, 5.74) is 6.27. The molecule has 1 amide bonds. The fourth-order valence-corrected chi connectivity index (χ4v) is 1.35. The molecule has 0 aromatic heterocycles. The number of aliphatic hydroxyl groups excluding tert-OH is 1. The van der Waals surface area contributed by atoms with Crippen LogP contribution in [0.3, 0.4) is 0 Å². The van der Waals surface area contributed by atoms with Gasteiger partial charge in [0.1, 0.15) is 6.04 Å². The lowest BCUT2D eigenvalue weighted by Crippen LogP contribution is -2.43. The molecule has 1 rings (SSSR count). The summed E-state index contributed by atoms with van der Waals surface area (Å²) in [6, 6.07) is -0.620. The van der Waals surface area contributed by atoms with E-state index >= 15 is 0 Å². The van der Waals surface area contributed by atoms with Crippen LogP contribution >= 0.6 is 0 Å². The van der Waals surface area contributed by atoms with Crippen LogP contribution in [0.1, 0.15) is 13.3 Å². The molecule has 0 aliphatic carbocycles. The van der Waals surface area contributed by atoms with Gasteiger partial charge in [0.25, 0.3) is 0 Å². The topological polar surface area (TPSA) is 66.6 Å². The van der Waals surface area contributed by atoms with E-state index in [0.717, 1.165) is 0 Å². The minimum absolute atomic E-state index is 0.135. The molecule has 0 saturated carbocycles. The molecule has 0 aromatic rings. The summed E-state index contributed by atoms with van der Waals surface area (Å²) in [5, 5.41) is 9.21. The van der Waals surface area contributed by atoms with Gasteiger partial charge < -0.3 is 15.7 Å². The average molecular weight is 184 g/mol. The number of carbonyl (C=O) groups is 1. The maximum Gasteiger partial charge on any atom is 0.243 e. The molecule has 1 heterocycles. The molecule has 13 heavy (non-hydrogen) atoms. The second-order valence-corrected chi connectivity index (χ2v) is 3.55. The summed E-state index contributed by atoms with van der Waals surface area (Å²) in [5.74, 6) is -0.135. The first kappa shape index (κ1) is 10.2. The zero-order valence-electron chi connectivity index (χ0n) is 7.86. The van der Waals surface area contributed by atoms with Gasteiger partial charge in [-0.25, -0.2) is 0 Å². The van der Waals surface area contributed by atoms with Crippen LogP contribution in [0.15, 0.2) is 12.2 Å². The van der Waals surface area contributed by atoms with Crippen LogP contribution in [0.2, 0.25) is 0 Å². The number of amides is 1. The standard InChI is InChI=1S/C9H16N2O2/c1-6(2)8(10)9(13)11-4-3-7(12)5-11/h7-8,12H,1,3-5,10H2,2H3/t7-,8-/m0/s1. The minimum atomic E-state index is -0.620. The van der Waals surface area contributed by atoms with E-state index in [1.807, 2.05) is 0 Å². The summed E-state index contributed by atoms with van der Waals surface area (Å²) in [6.45, 7) is 6.36. The van der Waals surface area contributed by atoms with Crippen molar-refractivity contribution in [1.82, 2.24) is 4.90 Å². The Balaban J connectivity index is 2.53. The number of nitrogens with zero attached hydrogens (tertiary/aromatic N) is 1. The van der Waals surface area contributed by atoms with Gasteiger partial charge in [0.05, 0.1) is 6.10 Å². The van der Waals surface area contributed by atoms with E-state index in [-0.39, 0.29) is 12.0 Å². The summed E-state index contributed by atoms with van der Waals surface area (Å²) in [7, 11) is 0. The Kier molecular flexibility index (Phi) is 3.06. The van der Waals surface area contributed by atoms with Gasteiger partial charge in [-0.3, -0.25) is 4.79 Å². The van der Waals surface area contributed by atoms with Crippen molar-refractivity contribution < 1.29 is 9.90 Å². The highest BCUT2D eigenvalue weighted by atomic mass is 16.3. The quantitative estimate of drug-likeness (QED) is 0.568. The summed E-state index contributed by atoms with van der Waals surface area (Å²) in [4.78, 5) is 13.1. The minimum Gasteiger partial charge on any atom is -0.391 e. The number of β-amino-alcohol motifs (C(OH)–C–C–N with tert-alkyl or cyclic N) is 1. The highest BCUT2D eigenvalue weighted by Gasteiger charge is 2.28. The molecule has 4 heteroatoms. The third-order valence-electron chi connectivity index (χ3n) is 2.27. The Hall–Kier alpha value is -0.870. The van der Waals surface area contributed by atoms with Crippen LogP contribution in [0, 0.1) is 0 Å². The molecule has 2 atom stereocenters. The van der Waals surface area contributed by atoms with Crippen molar-refractivity contribution in [2.75, 3.05) is 13.1 Å². The number of hydrogen-bond acceptors (Lipinski definition) is 3. The van der Waals surface area contributed by atoms with Crippen molar-refractivity contribution in [1.29, 1.82) is 0 Å². The highest BCUT2D eigenvalue weighted by molar-refractivity contribution is 5.84. The summed E-state index contributed by atoms with van der Waals surface area (Å²) >= 11 is 0. The van der Waals surface area contributed by atoms with E-state index < -0.39 is 6.04 Å². The maximum absolute atomic E-state index is 11.6. The average Bonchev–Trinajstić information content (AvgIpc) is 2.49. The molecule has 0 spiro atoms. The third kappa shape index (κ3) is 2.29. The number of likely N-dealkylation sites (tertiary alicyclic amines) is 1. The largest absolute Gasteiger partial charge is 0.391 e. The van der Waals surface area contributed by atoms with Crippen LogP contribution in [0.5, 0.6) is 0 Å². The monoisotopic (exact) mass is 184 g/mol. The SMILES string of the molecule is C=C(C)[C@H](N)C(=O)N1CC[C@H](O)C1. The van der Waals surface area contributed by atoms with Gasteiger partial charge >= 0.3 is 0 Å². The molecule has 0 bridgehead atoms. The molecule has 0 aromatic carbocycles. The van der Waals surface area contributed by atoms with Gasteiger partial charge in [0.15, 0.2) is 0 Å². The van der Waals surface area contributed by atoms with Gasteiger partial charge in [0.2, 0.25) is 5.91 Å². The lowest BCUT2D eigenvalue weighted by Gasteiger charge is -2.20. The normalized spacial score (nSPS) is 24.5. The van der Waals surface area contributed by atoms with Crippen LogP contribution in [0.4, 0.5) is 0 Å².